The lowest BCUT2D eigenvalue weighted by Crippen LogP contribution is -2.26. The van der Waals surface area contributed by atoms with E-state index in [1.54, 1.807) is 23.5 Å². The second-order valence-corrected chi connectivity index (χ2v) is 6.49. The molecule has 5 heteroatoms. The molecule has 122 valence electrons. The topological polar surface area (TPSA) is 51.2 Å². The number of hydrogen-bond donors (Lipinski definition) is 1. The van der Waals surface area contributed by atoms with E-state index in [9.17, 15) is 4.79 Å². The number of thiazole rings is 1. The van der Waals surface area contributed by atoms with Gasteiger partial charge in [-0.25, -0.2) is 4.98 Å². The fourth-order valence-corrected chi connectivity index (χ4v) is 2.96. The Morgan fingerprint density at radius 2 is 1.88 bits per heavy atom. The van der Waals surface area contributed by atoms with Crippen LogP contribution < -0.4 is 10.1 Å². The third-order valence-corrected chi connectivity index (χ3v) is 4.29. The first-order chi connectivity index (χ1) is 11.6. The van der Waals surface area contributed by atoms with Crippen LogP contribution in [0.2, 0.25) is 0 Å². The van der Waals surface area contributed by atoms with Gasteiger partial charge in [0.2, 0.25) is 0 Å². The fourth-order valence-electron chi connectivity index (χ4n) is 2.26. The third kappa shape index (κ3) is 4.00. The number of nitrogens with zero attached hydrogens (tertiary/aromatic N) is 1. The summed E-state index contributed by atoms with van der Waals surface area (Å²) >= 11 is 1.58. The number of rotatable bonds is 5. The Morgan fingerprint density at radius 1 is 1.12 bits per heavy atom. The first kappa shape index (κ1) is 16.2. The van der Waals surface area contributed by atoms with Crippen LogP contribution in [0.4, 0.5) is 0 Å². The van der Waals surface area contributed by atoms with Crippen LogP contribution in [-0.2, 0) is 0 Å². The summed E-state index contributed by atoms with van der Waals surface area (Å²) in [5.74, 6) is 1.22. The molecule has 1 unspecified atom stereocenters. The van der Waals surface area contributed by atoms with Gasteiger partial charge in [-0.05, 0) is 44.2 Å². The monoisotopic (exact) mass is 338 g/mol. The molecule has 3 aromatic rings. The average Bonchev–Trinajstić information content (AvgIpc) is 3.03. The molecule has 24 heavy (non-hydrogen) atoms. The van der Waals surface area contributed by atoms with Crippen molar-refractivity contribution in [2.45, 2.75) is 19.9 Å². The van der Waals surface area contributed by atoms with Crippen molar-refractivity contribution in [3.05, 3.63) is 76.2 Å². The molecule has 0 radical (unpaired) electrons. The largest absolute Gasteiger partial charge is 0.457 e. The lowest BCUT2D eigenvalue weighted by molar-refractivity contribution is 0.0939. The van der Waals surface area contributed by atoms with Gasteiger partial charge in [0.05, 0.1) is 16.7 Å². The van der Waals surface area contributed by atoms with E-state index in [1.165, 1.54) is 0 Å². The Hall–Kier alpha value is -2.66. The maximum absolute atomic E-state index is 12.4. The van der Waals surface area contributed by atoms with Gasteiger partial charge in [0.15, 0.2) is 0 Å². The van der Waals surface area contributed by atoms with Gasteiger partial charge in [0.25, 0.3) is 5.91 Å². The van der Waals surface area contributed by atoms with Crippen molar-refractivity contribution in [2.75, 3.05) is 0 Å². The summed E-state index contributed by atoms with van der Waals surface area (Å²) in [7, 11) is 0. The first-order valence-corrected chi connectivity index (χ1v) is 8.55. The van der Waals surface area contributed by atoms with Crippen molar-refractivity contribution < 1.29 is 9.53 Å². The summed E-state index contributed by atoms with van der Waals surface area (Å²) in [6.07, 6.45) is 0. The molecule has 1 heterocycles. The minimum Gasteiger partial charge on any atom is -0.457 e. The number of nitrogens with one attached hydrogen (secondary N) is 1. The quantitative estimate of drug-likeness (QED) is 0.731. The maximum atomic E-state index is 12.4. The number of carbonyl (C=O) groups is 1. The molecule has 0 bridgehead atoms. The van der Waals surface area contributed by atoms with Crippen molar-refractivity contribution in [2.24, 2.45) is 0 Å². The summed E-state index contributed by atoms with van der Waals surface area (Å²) in [5.41, 5.74) is 1.43. The van der Waals surface area contributed by atoms with Crippen LogP contribution in [0.5, 0.6) is 11.5 Å². The van der Waals surface area contributed by atoms with Crippen LogP contribution >= 0.6 is 11.3 Å². The smallest absolute Gasteiger partial charge is 0.251 e. The summed E-state index contributed by atoms with van der Waals surface area (Å²) in [5, 5.41) is 5.92. The van der Waals surface area contributed by atoms with Crippen LogP contribution in [0.25, 0.3) is 0 Å². The molecule has 1 atom stereocenters. The lowest BCUT2D eigenvalue weighted by Gasteiger charge is -2.12. The highest BCUT2D eigenvalue weighted by atomic mass is 32.1. The molecular weight excluding hydrogens is 320 g/mol. The van der Waals surface area contributed by atoms with Gasteiger partial charge in [0, 0.05) is 10.9 Å². The Bertz CT molecular complexity index is 830. The molecule has 0 aliphatic rings. The van der Waals surface area contributed by atoms with Crippen LogP contribution in [0.3, 0.4) is 0 Å². The molecule has 0 fully saturated rings. The molecule has 0 aliphatic carbocycles. The van der Waals surface area contributed by atoms with E-state index in [0.717, 1.165) is 16.5 Å². The first-order valence-electron chi connectivity index (χ1n) is 7.67. The fraction of sp³-hybridized carbons (Fsp3) is 0.158. The summed E-state index contributed by atoms with van der Waals surface area (Å²) in [6, 6.07) is 16.5. The standard InChI is InChI=1S/C19H18N2O2S/c1-13(18-12-24-14(2)21-18)20-19(22)15-7-6-10-17(11-15)23-16-8-4-3-5-9-16/h3-13H,1-2H3,(H,20,22). The third-order valence-electron chi connectivity index (χ3n) is 3.50. The molecule has 2 aromatic carbocycles. The summed E-state index contributed by atoms with van der Waals surface area (Å²) in [6.45, 7) is 3.88. The molecule has 1 aromatic heterocycles. The van der Waals surface area contributed by atoms with Gasteiger partial charge in [0.1, 0.15) is 11.5 Å². The van der Waals surface area contributed by atoms with Crippen molar-refractivity contribution >= 4 is 17.2 Å². The van der Waals surface area contributed by atoms with Gasteiger partial charge in [-0.3, -0.25) is 4.79 Å². The van der Waals surface area contributed by atoms with Crippen molar-refractivity contribution in [1.29, 1.82) is 0 Å². The zero-order valence-corrected chi connectivity index (χ0v) is 14.3. The van der Waals surface area contributed by atoms with E-state index in [0.29, 0.717) is 11.3 Å². The molecule has 0 spiro atoms. The zero-order valence-electron chi connectivity index (χ0n) is 13.5. The van der Waals surface area contributed by atoms with Crippen molar-refractivity contribution in [1.82, 2.24) is 10.3 Å². The molecule has 1 amide bonds. The van der Waals surface area contributed by atoms with E-state index in [4.69, 9.17) is 4.74 Å². The molecular formula is C19H18N2O2S. The van der Waals surface area contributed by atoms with Gasteiger partial charge in [-0.1, -0.05) is 24.3 Å². The predicted molar refractivity (Wildman–Crippen MR) is 95.7 cm³/mol. The second kappa shape index (κ2) is 7.27. The zero-order chi connectivity index (χ0) is 16.9. The van der Waals surface area contributed by atoms with E-state index < -0.39 is 0 Å². The summed E-state index contributed by atoms with van der Waals surface area (Å²) < 4.78 is 5.77. The number of benzene rings is 2. The van der Waals surface area contributed by atoms with Gasteiger partial charge < -0.3 is 10.1 Å². The minimum atomic E-state index is -0.147. The van der Waals surface area contributed by atoms with Crippen LogP contribution in [-0.4, -0.2) is 10.9 Å². The van der Waals surface area contributed by atoms with E-state index in [-0.39, 0.29) is 11.9 Å². The SMILES string of the molecule is Cc1nc(C(C)NC(=O)c2cccc(Oc3ccccc3)c2)cs1. The molecule has 0 aliphatic heterocycles. The summed E-state index contributed by atoms with van der Waals surface area (Å²) in [4.78, 5) is 16.9. The number of aromatic nitrogens is 1. The number of hydrogen-bond acceptors (Lipinski definition) is 4. The Labute approximate surface area is 145 Å². The Morgan fingerprint density at radius 3 is 2.58 bits per heavy atom. The highest BCUT2D eigenvalue weighted by molar-refractivity contribution is 7.09. The normalized spacial score (nSPS) is 11.8. The van der Waals surface area contributed by atoms with Gasteiger partial charge in [-0.15, -0.1) is 11.3 Å². The van der Waals surface area contributed by atoms with Crippen LogP contribution in [0.1, 0.15) is 34.0 Å². The molecule has 4 nitrogen and oxygen atoms in total. The number of carbonyl (C=O) groups excluding carboxylic acids is 1. The number of ether oxygens (including phenoxy) is 1. The molecule has 3 rings (SSSR count). The molecule has 0 saturated carbocycles. The molecule has 1 N–H and O–H groups in total. The maximum Gasteiger partial charge on any atom is 0.251 e. The van der Waals surface area contributed by atoms with Crippen molar-refractivity contribution in [3.8, 4) is 11.5 Å². The molecule has 0 saturated heterocycles. The van der Waals surface area contributed by atoms with Crippen LogP contribution in [0.15, 0.2) is 60.0 Å². The van der Waals surface area contributed by atoms with E-state index in [2.05, 4.69) is 10.3 Å². The minimum absolute atomic E-state index is 0.138. The average molecular weight is 338 g/mol. The van der Waals surface area contributed by atoms with Gasteiger partial charge in [-0.2, -0.15) is 0 Å². The number of para-hydroxylation sites is 1. The van der Waals surface area contributed by atoms with Gasteiger partial charge >= 0.3 is 0 Å². The highest BCUT2D eigenvalue weighted by Crippen LogP contribution is 2.22. The van der Waals surface area contributed by atoms with E-state index in [1.807, 2.05) is 61.7 Å². The number of amides is 1. The Balaban J connectivity index is 1.70. The van der Waals surface area contributed by atoms with Crippen molar-refractivity contribution in [3.63, 3.8) is 0 Å². The Kier molecular flexibility index (Phi) is 4.91. The van der Waals surface area contributed by atoms with Crippen LogP contribution in [0, 0.1) is 6.92 Å². The second-order valence-electron chi connectivity index (χ2n) is 5.43. The highest BCUT2D eigenvalue weighted by Gasteiger charge is 2.14. The number of aryl methyl sites for hydroxylation is 1. The predicted octanol–water partition coefficient (Wildman–Crippen LogP) is 4.73. The van der Waals surface area contributed by atoms with E-state index >= 15 is 0 Å². The lowest BCUT2D eigenvalue weighted by atomic mass is 10.1.